The molecule has 2 aromatic carbocycles. The number of ether oxygens (including phenoxy) is 2. The summed E-state index contributed by atoms with van der Waals surface area (Å²) >= 11 is 0. The Bertz CT molecular complexity index is 1150. The second kappa shape index (κ2) is 9.40. The second-order valence-corrected chi connectivity index (χ2v) is 10.8. The molecule has 36 heavy (non-hydrogen) atoms. The summed E-state index contributed by atoms with van der Waals surface area (Å²) in [6.45, 7) is 1.40. The highest BCUT2D eigenvalue weighted by Crippen LogP contribution is 2.52. The molecule has 1 heterocycles. The highest BCUT2D eigenvalue weighted by Gasteiger charge is 2.55. The van der Waals surface area contributed by atoms with Crippen LogP contribution in [-0.2, 0) is 19.7 Å². The number of rotatable bonds is 6. The Kier molecular flexibility index (Phi) is 6.08. The number of fused-ring (bicyclic) bond motifs is 4. The second-order valence-electron chi connectivity index (χ2n) is 10.8. The van der Waals surface area contributed by atoms with E-state index in [1.807, 2.05) is 36.4 Å². The molecule has 2 aromatic rings. The molecule has 3 aliphatic carbocycles. The summed E-state index contributed by atoms with van der Waals surface area (Å²) in [6, 6.07) is 17.5. The molecule has 1 saturated carbocycles. The van der Waals surface area contributed by atoms with Crippen LogP contribution >= 0.6 is 0 Å². The van der Waals surface area contributed by atoms with Crippen LogP contribution in [0.5, 0.6) is 5.75 Å². The third-order valence-corrected chi connectivity index (χ3v) is 8.93. The molecule has 1 saturated heterocycles. The molecule has 6 heteroatoms. The monoisotopic (exact) mass is 486 g/mol. The number of benzene rings is 2. The Morgan fingerprint density at radius 2 is 1.75 bits per heavy atom. The van der Waals surface area contributed by atoms with Crippen molar-refractivity contribution in [3.63, 3.8) is 0 Å². The molecule has 1 aliphatic heterocycles. The first-order valence-corrected chi connectivity index (χ1v) is 13.2. The molecule has 4 aliphatic rings. The summed E-state index contributed by atoms with van der Waals surface area (Å²) in [6.07, 6.45) is 8.16. The minimum atomic E-state index is -0.254. The molecule has 0 radical (unpaired) electrons. The van der Waals surface area contributed by atoms with Crippen LogP contribution in [-0.4, -0.2) is 49.6 Å². The van der Waals surface area contributed by atoms with Crippen molar-refractivity contribution >= 4 is 11.8 Å². The van der Waals surface area contributed by atoms with Crippen molar-refractivity contribution in [1.29, 1.82) is 0 Å². The lowest BCUT2D eigenvalue weighted by atomic mass is 9.71. The number of amides is 2. The van der Waals surface area contributed by atoms with Crippen LogP contribution < -0.4 is 10.1 Å². The number of hydrogen-bond donors (Lipinski definition) is 1. The highest BCUT2D eigenvalue weighted by molar-refractivity contribution is 5.80. The summed E-state index contributed by atoms with van der Waals surface area (Å²) in [5.74, 6) is 1.99. The highest BCUT2D eigenvalue weighted by atomic mass is 16.5. The topological polar surface area (TPSA) is 67.9 Å². The van der Waals surface area contributed by atoms with E-state index in [0.29, 0.717) is 23.5 Å². The van der Waals surface area contributed by atoms with Gasteiger partial charge in [-0.15, -0.1) is 0 Å². The summed E-state index contributed by atoms with van der Waals surface area (Å²) < 4.78 is 11.8. The van der Waals surface area contributed by atoms with E-state index in [-0.39, 0.29) is 36.0 Å². The Morgan fingerprint density at radius 3 is 2.44 bits per heavy atom. The molecular weight excluding hydrogens is 452 g/mol. The lowest BCUT2D eigenvalue weighted by Crippen LogP contribution is -2.53. The van der Waals surface area contributed by atoms with Gasteiger partial charge in [0.05, 0.1) is 12.1 Å². The first-order valence-electron chi connectivity index (χ1n) is 13.2. The minimum absolute atomic E-state index is 0.0492. The van der Waals surface area contributed by atoms with Gasteiger partial charge in [0.2, 0.25) is 5.91 Å². The van der Waals surface area contributed by atoms with Crippen molar-refractivity contribution in [2.24, 2.45) is 17.8 Å². The van der Waals surface area contributed by atoms with Gasteiger partial charge in [0, 0.05) is 31.5 Å². The van der Waals surface area contributed by atoms with Gasteiger partial charge in [-0.2, -0.15) is 0 Å². The summed E-state index contributed by atoms with van der Waals surface area (Å²) in [4.78, 5) is 28.4. The van der Waals surface area contributed by atoms with Crippen LogP contribution in [0.2, 0.25) is 0 Å². The fourth-order valence-electron chi connectivity index (χ4n) is 7.23. The molecule has 2 fully saturated rings. The van der Waals surface area contributed by atoms with Crippen molar-refractivity contribution in [2.45, 2.75) is 43.2 Å². The van der Waals surface area contributed by atoms with Crippen LogP contribution in [0.15, 0.2) is 66.7 Å². The Morgan fingerprint density at radius 1 is 1.00 bits per heavy atom. The molecule has 2 bridgehead atoms. The fraction of sp³-hybridized carbons (Fsp3) is 0.467. The Labute approximate surface area is 212 Å². The van der Waals surface area contributed by atoms with E-state index in [2.05, 4.69) is 40.6 Å². The number of piperidine rings is 1. The van der Waals surface area contributed by atoms with Gasteiger partial charge in [0.15, 0.2) is 6.61 Å². The smallest absolute Gasteiger partial charge is 0.258 e. The quantitative estimate of drug-likeness (QED) is 0.627. The number of carbonyl (C=O) groups excluding carboxylic acids is 2. The first kappa shape index (κ1) is 23.3. The van der Waals surface area contributed by atoms with Gasteiger partial charge in [-0.25, -0.2) is 0 Å². The van der Waals surface area contributed by atoms with Crippen LogP contribution in [0.4, 0.5) is 0 Å². The van der Waals surface area contributed by atoms with Crippen LogP contribution in [0.25, 0.3) is 0 Å². The van der Waals surface area contributed by atoms with Gasteiger partial charge in [-0.1, -0.05) is 54.6 Å². The normalized spacial score (nSPS) is 29.4. The van der Waals surface area contributed by atoms with Crippen molar-refractivity contribution in [3.05, 3.63) is 77.9 Å². The SMILES string of the molecule is CO[C@H]1[C@H](NC(=O)COc2ccccc2)c2ccccc2C12CCN(C(=O)[C@@H]1C[C@@H]3C=C[C@H]1C3)CC2. The van der Waals surface area contributed by atoms with Gasteiger partial charge >= 0.3 is 0 Å². The van der Waals surface area contributed by atoms with Crippen molar-refractivity contribution in [2.75, 3.05) is 26.8 Å². The number of carbonyl (C=O) groups is 2. The maximum absolute atomic E-state index is 13.4. The maximum atomic E-state index is 13.4. The standard InChI is InChI=1S/C30H34N2O4/c1-35-28-27(31-26(33)19-36-22-7-3-2-4-8-22)23-9-5-6-10-25(23)30(28)13-15-32(16-14-30)29(34)24-18-20-11-12-21(24)17-20/h2-12,20-21,24,27-28H,13-19H2,1H3,(H,31,33)/t20-,21+,24-,27-,28+/m1/s1. The van der Waals surface area contributed by atoms with Crippen LogP contribution in [0.3, 0.4) is 0 Å². The lowest BCUT2D eigenvalue weighted by Gasteiger charge is -2.44. The molecule has 0 aromatic heterocycles. The van der Waals surface area contributed by atoms with E-state index >= 15 is 0 Å². The number of hydrogen-bond acceptors (Lipinski definition) is 4. The molecule has 5 atom stereocenters. The largest absolute Gasteiger partial charge is 0.484 e. The van der Waals surface area contributed by atoms with Gasteiger partial charge < -0.3 is 19.7 Å². The van der Waals surface area contributed by atoms with Gasteiger partial charge in [0.25, 0.3) is 5.91 Å². The predicted octanol–water partition coefficient (Wildman–Crippen LogP) is 4.02. The zero-order chi connectivity index (χ0) is 24.7. The van der Waals surface area contributed by atoms with Crippen LogP contribution in [0, 0.1) is 17.8 Å². The minimum Gasteiger partial charge on any atom is -0.484 e. The third-order valence-electron chi connectivity index (χ3n) is 8.93. The molecule has 2 amide bonds. The Hall–Kier alpha value is -3.12. The number of allylic oxidation sites excluding steroid dienone is 2. The van der Waals surface area contributed by atoms with E-state index in [1.165, 1.54) is 5.56 Å². The number of nitrogens with one attached hydrogen (secondary N) is 1. The fourth-order valence-corrected chi connectivity index (χ4v) is 7.23. The van der Waals surface area contributed by atoms with Crippen molar-refractivity contribution in [3.8, 4) is 5.75 Å². The zero-order valence-electron chi connectivity index (χ0n) is 20.8. The van der Waals surface area contributed by atoms with Crippen LogP contribution in [0.1, 0.15) is 42.9 Å². The van der Waals surface area contributed by atoms with Crippen molar-refractivity contribution < 1.29 is 19.1 Å². The average molecular weight is 487 g/mol. The van der Waals surface area contributed by atoms with E-state index in [4.69, 9.17) is 9.47 Å². The van der Waals surface area contributed by atoms with Gasteiger partial charge in [-0.05, 0) is 60.8 Å². The van der Waals surface area contributed by atoms with Gasteiger partial charge in [-0.3, -0.25) is 9.59 Å². The maximum Gasteiger partial charge on any atom is 0.258 e. The molecule has 6 rings (SSSR count). The molecule has 0 unspecified atom stereocenters. The van der Waals surface area contributed by atoms with Gasteiger partial charge in [0.1, 0.15) is 5.75 Å². The third kappa shape index (κ3) is 3.92. The molecule has 1 N–H and O–H groups in total. The molecule has 6 nitrogen and oxygen atoms in total. The van der Waals surface area contributed by atoms with Crippen molar-refractivity contribution in [1.82, 2.24) is 10.2 Å². The molecule has 1 spiro atoms. The lowest BCUT2D eigenvalue weighted by molar-refractivity contribution is -0.139. The zero-order valence-corrected chi connectivity index (χ0v) is 20.8. The number of likely N-dealkylation sites (tertiary alicyclic amines) is 1. The average Bonchev–Trinajstić information content (AvgIpc) is 3.62. The summed E-state index contributed by atoms with van der Waals surface area (Å²) in [7, 11) is 1.73. The number of methoxy groups -OCH3 is 1. The number of nitrogens with zero attached hydrogens (tertiary/aromatic N) is 1. The van der Waals surface area contributed by atoms with E-state index in [9.17, 15) is 9.59 Å². The summed E-state index contributed by atoms with van der Waals surface area (Å²) in [5.41, 5.74) is 2.12. The molecular formula is C30H34N2O4. The predicted molar refractivity (Wildman–Crippen MR) is 136 cm³/mol. The summed E-state index contributed by atoms with van der Waals surface area (Å²) in [5, 5.41) is 3.20. The van der Waals surface area contributed by atoms with E-state index in [1.54, 1.807) is 7.11 Å². The molecule has 188 valence electrons. The number of para-hydroxylation sites is 1. The Balaban J connectivity index is 1.17. The van der Waals surface area contributed by atoms with E-state index in [0.717, 1.165) is 44.3 Å². The van der Waals surface area contributed by atoms with E-state index < -0.39 is 0 Å². The first-order chi connectivity index (χ1) is 17.6.